The molecular formula is C19H19FN2O3. The molecule has 0 aliphatic heterocycles. The highest BCUT2D eigenvalue weighted by atomic mass is 19.1. The smallest absolute Gasteiger partial charge is 0.305 e. The van der Waals surface area contributed by atoms with Crippen molar-refractivity contribution in [2.75, 3.05) is 6.54 Å². The van der Waals surface area contributed by atoms with Gasteiger partial charge in [0.1, 0.15) is 5.82 Å². The molecule has 1 saturated carbocycles. The molecule has 130 valence electrons. The van der Waals surface area contributed by atoms with E-state index in [0.717, 1.165) is 11.1 Å². The van der Waals surface area contributed by atoms with E-state index in [1.807, 2.05) is 6.07 Å². The highest BCUT2D eigenvalue weighted by Crippen LogP contribution is 2.49. The van der Waals surface area contributed by atoms with Crippen LogP contribution in [-0.2, 0) is 21.5 Å². The minimum Gasteiger partial charge on any atom is -0.481 e. The average Bonchev–Trinajstić information content (AvgIpc) is 3.41. The number of halogens is 1. The topological polar surface area (TPSA) is 70.5 Å². The third kappa shape index (κ3) is 3.84. The number of carbonyl (C=O) groups is 2. The second kappa shape index (κ2) is 7.01. The molecule has 1 aromatic heterocycles. The molecule has 6 heteroatoms. The summed E-state index contributed by atoms with van der Waals surface area (Å²) >= 11 is 0. The number of carboxylic acids is 1. The molecule has 3 rings (SSSR count). The number of aliphatic carboxylic acids is 1. The van der Waals surface area contributed by atoms with Crippen LogP contribution in [0.25, 0.3) is 0 Å². The van der Waals surface area contributed by atoms with Crippen molar-refractivity contribution in [2.45, 2.75) is 31.2 Å². The first-order valence-electron chi connectivity index (χ1n) is 8.17. The maximum atomic E-state index is 13.2. The fourth-order valence-corrected chi connectivity index (χ4v) is 3.02. The maximum Gasteiger partial charge on any atom is 0.305 e. The first-order valence-corrected chi connectivity index (χ1v) is 8.17. The van der Waals surface area contributed by atoms with Crippen LogP contribution < -0.4 is 0 Å². The zero-order valence-electron chi connectivity index (χ0n) is 13.7. The van der Waals surface area contributed by atoms with Gasteiger partial charge in [0.2, 0.25) is 5.91 Å². The van der Waals surface area contributed by atoms with Crippen LogP contribution in [0.5, 0.6) is 0 Å². The molecule has 0 unspecified atom stereocenters. The lowest BCUT2D eigenvalue weighted by Crippen LogP contribution is -2.40. The molecular weight excluding hydrogens is 323 g/mol. The fraction of sp³-hybridized carbons (Fsp3) is 0.316. The lowest BCUT2D eigenvalue weighted by molar-refractivity contribution is -0.139. The van der Waals surface area contributed by atoms with Gasteiger partial charge in [0.05, 0.1) is 11.8 Å². The van der Waals surface area contributed by atoms with Crippen molar-refractivity contribution in [3.63, 3.8) is 0 Å². The summed E-state index contributed by atoms with van der Waals surface area (Å²) < 4.78 is 13.2. The Morgan fingerprint density at radius 1 is 1.20 bits per heavy atom. The molecule has 0 bridgehead atoms. The first kappa shape index (κ1) is 17.1. The van der Waals surface area contributed by atoms with Crippen molar-refractivity contribution in [2.24, 2.45) is 0 Å². The molecule has 1 aliphatic carbocycles. The summed E-state index contributed by atoms with van der Waals surface area (Å²) in [5.74, 6) is -1.40. The molecule has 1 N–H and O–H groups in total. The number of amides is 1. The largest absolute Gasteiger partial charge is 0.481 e. The highest BCUT2D eigenvalue weighted by molar-refractivity contribution is 5.91. The zero-order chi connectivity index (χ0) is 17.9. The molecule has 1 fully saturated rings. The summed E-state index contributed by atoms with van der Waals surface area (Å²) in [6.45, 7) is 0.439. The Hall–Kier alpha value is -2.76. The van der Waals surface area contributed by atoms with Gasteiger partial charge in [-0.05, 0) is 42.2 Å². The van der Waals surface area contributed by atoms with Gasteiger partial charge in [-0.1, -0.05) is 18.2 Å². The lowest BCUT2D eigenvalue weighted by Gasteiger charge is -2.27. The van der Waals surface area contributed by atoms with Gasteiger partial charge >= 0.3 is 5.97 Å². The number of pyridine rings is 1. The van der Waals surface area contributed by atoms with Crippen LogP contribution in [0.15, 0.2) is 48.8 Å². The van der Waals surface area contributed by atoms with Crippen molar-refractivity contribution >= 4 is 11.9 Å². The van der Waals surface area contributed by atoms with E-state index in [1.165, 1.54) is 12.1 Å². The molecule has 1 heterocycles. The van der Waals surface area contributed by atoms with Gasteiger partial charge < -0.3 is 10.0 Å². The standard InChI is InChI=1S/C19H19FN2O3/c20-16-5-3-15(4-6-16)19(8-9-19)18(25)22(11-7-17(23)24)13-14-2-1-10-21-12-14/h1-6,10,12H,7-9,11,13H2,(H,23,24). The Labute approximate surface area is 145 Å². The first-order chi connectivity index (χ1) is 12.0. The van der Waals surface area contributed by atoms with E-state index >= 15 is 0 Å². The van der Waals surface area contributed by atoms with Crippen LogP contribution in [0.3, 0.4) is 0 Å². The normalized spacial score (nSPS) is 14.8. The fourth-order valence-electron chi connectivity index (χ4n) is 3.02. The Morgan fingerprint density at radius 2 is 1.92 bits per heavy atom. The number of benzene rings is 1. The predicted octanol–water partition coefficient (Wildman–Crippen LogP) is 2.76. The van der Waals surface area contributed by atoms with Crippen LogP contribution in [0.1, 0.15) is 30.4 Å². The zero-order valence-corrected chi connectivity index (χ0v) is 13.7. The Morgan fingerprint density at radius 3 is 2.48 bits per heavy atom. The number of hydrogen-bond donors (Lipinski definition) is 1. The highest BCUT2D eigenvalue weighted by Gasteiger charge is 2.52. The van der Waals surface area contributed by atoms with Crippen molar-refractivity contribution < 1.29 is 19.1 Å². The molecule has 0 atom stereocenters. The van der Waals surface area contributed by atoms with Gasteiger partial charge in [-0.2, -0.15) is 0 Å². The quantitative estimate of drug-likeness (QED) is 0.840. The SMILES string of the molecule is O=C(O)CCN(Cc1cccnc1)C(=O)C1(c2ccc(F)cc2)CC1. The average molecular weight is 342 g/mol. The Bertz CT molecular complexity index is 758. The van der Waals surface area contributed by atoms with E-state index in [0.29, 0.717) is 19.4 Å². The number of rotatable bonds is 7. The molecule has 0 saturated heterocycles. The van der Waals surface area contributed by atoms with Gasteiger partial charge in [-0.3, -0.25) is 14.6 Å². The summed E-state index contributed by atoms with van der Waals surface area (Å²) in [5.41, 5.74) is 0.968. The van der Waals surface area contributed by atoms with Crippen LogP contribution in [-0.4, -0.2) is 33.4 Å². The van der Waals surface area contributed by atoms with Crippen molar-refractivity contribution in [1.29, 1.82) is 0 Å². The Kier molecular flexibility index (Phi) is 4.79. The monoisotopic (exact) mass is 342 g/mol. The molecule has 1 aromatic carbocycles. The predicted molar refractivity (Wildman–Crippen MR) is 89.2 cm³/mol. The van der Waals surface area contributed by atoms with E-state index in [4.69, 9.17) is 5.11 Å². The van der Waals surface area contributed by atoms with Crippen molar-refractivity contribution in [3.05, 3.63) is 65.7 Å². The van der Waals surface area contributed by atoms with Crippen molar-refractivity contribution in [1.82, 2.24) is 9.88 Å². The number of aromatic nitrogens is 1. The number of nitrogens with zero attached hydrogens (tertiary/aromatic N) is 2. The van der Waals surface area contributed by atoms with Crippen LogP contribution in [0.2, 0.25) is 0 Å². The summed E-state index contributed by atoms with van der Waals surface area (Å²) in [7, 11) is 0. The van der Waals surface area contributed by atoms with E-state index in [-0.39, 0.29) is 24.7 Å². The number of carbonyl (C=O) groups excluding carboxylic acids is 1. The summed E-state index contributed by atoms with van der Waals surface area (Å²) in [6, 6.07) is 9.61. The third-order valence-electron chi connectivity index (χ3n) is 4.54. The number of hydrogen-bond acceptors (Lipinski definition) is 3. The Balaban J connectivity index is 1.82. The van der Waals surface area contributed by atoms with E-state index in [9.17, 15) is 14.0 Å². The lowest BCUT2D eigenvalue weighted by atomic mass is 9.94. The molecule has 25 heavy (non-hydrogen) atoms. The maximum absolute atomic E-state index is 13.2. The van der Waals surface area contributed by atoms with E-state index < -0.39 is 11.4 Å². The number of carboxylic acid groups (broad SMARTS) is 1. The van der Waals surface area contributed by atoms with E-state index in [2.05, 4.69) is 4.98 Å². The molecule has 1 aliphatic rings. The minimum atomic E-state index is -0.949. The summed E-state index contributed by atoms with van der Waals surface area (Å²) in [6.07, 6.45) is 4.57. The molecule has 2 aromatic rings. The van der Waals surface area contributed by atoms with Crippen LogP contribution in [0.4, 0.5) is 4.39 Å². The van der Waals surface area contributed by atoms with Gasteiger partial charge in [0, 0.05) is 25.5 Å². The third-order valence-corrected chi connectivity index (χ3v) is 4.54. The van der Waals surface area contributed by atoms with Gasteiger partial charge in [-0.25, -0.2) is 4.39 Å². The van der Waals surface area contributed by atoms with E-state index in [1.54, 1.807) is 35.5 Å². The van der Waals surface area contributed by atoms with Crippen LogP contribution >= 0.6 is 0 Å². The second-order valence-electron chi connectivity index (χ2n) is 6.32. The molecule has 5 nitrogen and oxygen atoms in total. The van der Waals surface area contributed by atoms with Crippen molar-refractivity contribution in [3.8, 4) is 0 Å². The summed E-state index contributed by atoms with van der Waals surface area (Å²) in [5, 5.41) is 8.98. The van der Waals surface area contributed by atoms with Crippen LogP contribution in [0, 0.1) is 5.82 Å². The van der Waals surface area contributed by atoms with Gasteiger partial charge in [0.25, 0.3) is 0 Å². The van der Waals surface area contributed by atoms with Gasteiger partial charge in [0.15, 0.2) is 0 Å². The molecule has 0 radical (unpaired) electrons. The molecule has 0 spiro atoms. The van der Waals surface area contributed by atoms with Gasteiger partial charge in [-0.15, -0.1) is 0 Å². The molecule has 1 amide bonds. The summed E-state index contributed by atoms with van der Waals surface area (Å²) in [4.78, 5) is 29.7. The second-order valence-corrected chi connectivity index (χ2v) is 6.32. The minimum absolute atomic E-state index is 0.107.